The molecule has 1 aromatic rings. The Labute approximate surface area is 150 Å². The number of nitrogens with zero attached hydrogens (tertiary/aromatic N) is 5. The number of urea groups is 1. The third kappa shape index (κ3) is 3.07. The van der Waals surface area contributed by atoms with Crippen LogP contribution in [0.4, 0.5) is 9.18 Å². The van der Waals surface area contributed by atoms with Crippen molar-refractivity contribution >= 4 is 29.9 Å². The quantitative estimate of drug-likeness (QED) is 0.491. The summed E-state index contributed by atoms with van der Waals surface area (Å²) < 4.78 is 14.7. The molecule has 1 fully saturated rings. The smallest absolute Gasteiger partial charge is 0.270 e. The van der Waals surface area contributed by atoms with Crippen molar-refractivity contribution < 1.29 is 18.6 Å². The van der Waals surface area contributed by atoms with E-state index in [1.165, 1.54) is 30.3 Å². The molecule has 0 aliphatic carbocycles. The number of nitrogens with one attached hydrogen (secondary N) is 1. The molecule has 3 amide bonds. The summed E-state index contributed by atoms with van der Waals surface area (Å²) in [6.45, 7) is 2.57. The Morgan fingerprint density at radius 1 is 1.27 bits per heavy atom. The molecule has 1 unspecified atom stereocenters. The maximum atomic E-state index is 12.9. The first-order chi connectivity index (χ1) is 12.4. The lowest BCUT2D eigenvalue weighted by molar-refractivity contribution is -0.537. The molecule has 0 spiro atoms. The van der Waals surface area contributed by atoms with Gasteiger partial charge in [0.15, 0.2) is 0 Å². The number of benzene rings is 1. The molecule has 9 heteroatoms. The summed E-state index contributed by atoms with van der Waals surface area (Å²) in [4.78, 5) is 31.5. The van der Waals surface area contributed by atoms with Gasteiger partial charge in [0.05, 0.1) is 12.8 Å². The molecule has 1 aromatic carbocycles. The number of carbonyl (C=O) groups excluding carboxylic acids is 2. The van der Waals surface area contributed by atoms with Crippen molar-refractivity contribution in [2.75, 3.05) is 20.6 Å². The number of hydrogen-bond donors (Lipinski definition) is 1. The zero-order valence-electron chi connectivity index (χ0n) is 14.8. The number of carbonyl (C=O) groups is 2. The van der Waals surface area contributed by atoms with Crippen molar-refractivity contribution in [3.63, 3.8) is 0 Å². The van der Waals surface area contributed by atoms with Crippen LogP contribution < -0.4 is 5.43 Å². The Morgan fingerprint density at radius 2 is 1.96 bits per heavy atom. The third-order valence-electron chi connectivity index (χ3n) is 4.24. The number of halogens is 1. The highest BCUT2D eigenvalue weighted by Gasteiger charge is 2.51. The Hall–Kier alpha value is -3.10. The summed E-state index contributed by atoms with van der Waals surface area (Å²) in [5.41, 5.74) is 3.54. The minimum Gasteiger partial charge on any atom is -0.270 e. The summed E-state index contributed by atoms with van der Waals surface area (Å²) in [6, 6.07) is 4.82. The van der Waals surface area contributed by atoms with E-state index in [1.54, 1.807) is 23.8 Å². The summed E-state index contributed by atoms with van der Waals surface area (Å²) in [7, 11) is 3.05. The molecule has 26 heavy (non-hydrogen) atoms. The summed E-state index contributed by atoms with van der Waals surface area (Å²) >= 11 is 0. The first-order valence-corrected chi connectivity index (χ1v) is 8.26. The van der Waals surface area contributed by atoms with Gasteiger partial charge in [-0.1, -0.05) is 24.0 Å². The number of hydrazone groups is 1. The molecule has 0 aromatic heterocycles. The van der Waals surface area contributed by atoms with Crippen LogP contribution in [0.15, 0.2) is 34.4 Å². The molecule has 0 bridgehead atoms. The first kappa shape index (κ1) is 17.7. The number of aliphatic imine (C=N–C) groups is 1. The van der Waals surface area contributed by atoms with E-state index in [0.717, 1.165) is 11.3 Å². The molecular formula is C17H20FN6O2+. The standard InChI is InChI=1S/C17H19FN6O2/c1-4-9-24-13-14(22(2)17(26)23(3)15(13)25)20-16(24)21-19-10-11-5-7-12(18)8-6-11/h5-8,10,13H,4,9H2,1-3H3/p+1/b19-10+. The van der Waals surface area contributed by atoms with Gasteiger partial charge in [-0.15, -0.1) is 5.10 Å². The number of fused-ring (bicyclic) bond motifs is 1. The van der Waals surface area contributed by atoms with E-state index in [1.807, 2.05) is 6.92 Å². The SMILES string of the molecule is CCC[N+]1=C(N/N=C/c2ccc(F)cc2)N=C2C1C(=O)N(C)C(=O)N2C. The van der Waals surface area contributed by atoms with Crippen molar-refractivity contribution in [3.8, 4) is 0 Å². The van der Waals surface area contributed by atoms with Crippen LogP contribution in [0, 0.1) is 5.82 Å². The Morgan fingerprint density at radius 3 is 2.62 bits per heavy atom. The Kier molecular flexibility index (Phi) is 4.79. The molecule has 2 heterocycles. The van der Waals surface area contributed by atoms with Gasteiger partial charge in [-0.05, 0) is 24.1 Å². The zero-order chi connectivity index (χ0) is 18.8. The minimum atomic E-state index is -0.647. The van der Waals surface area contributed by atoms with Gasteiger partial charge in [-0.3, -0.25) is 14.6 Å². The van der Waals surface area contributed by atoms with Gasteiger partial charge < -0.3 is 0 Å². The molecule has 8 nitrogen and oxygen atoms in total. The summed E-state index contributed by atoms with van der Waals surface area (Å²) in [6.07, 6.45) is 2.32. The second-order valence-electron chi connectivity index (χ2n) is 6.05. The van der Waals surface area contributed by atoms with Crippen LogP contribution in [0.2, 0.25) is 0 Å². The average Bonchev–Trinajstić information content (AvgIpc) is 2.99. The minimum absolute atomic E-state index is 0.319. The Balaban J connectivity index is 1.86. The molecular weight excluding hydrogens is 339 g/mol. The highest BCUT2D eigenvalue weighted by Crippen LogP contribution is 2.18. The van der Waals surface area contributed by atoms with Crippen molar-refractivity contribution in [2.24, 2.45) is 10.1 Å². The van der Waals surface area contributed by atoms with E-state index < -0.39 is 12.1 Å². The molecule has 0 saturated carbocycles. The monoisotopic (exact) mass is 359 g/mol. The summed E-state index contributed by atoms with van der Waals surface area (Å²) in [5.74, 6) is 0.138. The van der Waals surface area contributed by atoms with Gasteiger partial charge >= 0.3 is 12.0 Å². The van der Waals surface area contributed by atoms with E-state index in [4.69, 9.17) is 0 Å². The zero-order valence-corrected chi connectivity index (χ0v) is 14.8. The highest BCUT2D eigenvalue weighted by molar-refractivity contribution is 6.22. The molecule has 2 aliphatic heterocycles. The number of guanidine groups is 1. The van der Waals surface area contributed by atoms with Gasteiger partial charge in [0, 0.05) is 14.1 Å². The lowest BCUT2D eigenvalue weighted by Crippen LogP contribution is -2.61. The van der Waals surface area contributed by atoms with Crippen LogP contribution in [0.1, 0.15) is 18.9 Å². The predicted molar refractivity (Wildman–Crippen MR) is 94.7 cm³/mol. The van der Waals surface area contributed by atoms with Gasteiger partial charge in [0.1, 0.15) is 5.82 Å². The van der Waals surface area contributed by atoms with Crippen molar-refractivity contribution in [1.29, 1.82) is 0 Å². The van der Waals surface area contributed by atoms with Crippen molar-refractivity contribution in [3.05, 3.63) is 35.6 Å². The van der Waals surface area contributed by atoms with E-state index in [2.05, 4.69) is 15.5 Å². The normalized spacial score (nSPS) is 20.2. The average molecular weight is 359 g/mol. The van der Waals surface area contributed by atoms with Crippen molar-refractivity contribution in [2.45, 2.75) is 19.4 Å². The fourth-order valence-corrected chi connectivity index (χ4v) is 2.88. The highest BCUT2D eigenvalue weighted by atomic mass is 19.1. The molecule has 3 rings (SSSR count). The van der Waals surface area contributed by atoms with Crippen LogP contribution in [-0.4, -0.2) is 71.0 Å². The lowest BCUT2D eigenvalue weighted by atomic mass is 10.1. The van der Waals surface area contributed by atoms with E-state index in [-0.39, 0.29) is 11.7 Å². The van der Waals surface area contributed by atoms with E-state index >= 15 is 0 Å². The van der Waals surface area contributed by atoms with Crippen molar-refractivity contribution in [1.82, 2.24) is 15.2 Å². The van der Waals surface area contributed by atoms with Crippen LogP contribution in [0.5, 0.6) is 0 Å². The molecule has 1 atom stereocenters. The van der Waals surface area contributed by atoms with Gasteiger partial charge in [0.2, 0.25) is 11.9 Å². The molecule has 136 valence electrons. The van der Waals surface area contributed by atoms with Gasteiger partial charge in [-0.2, -0.15) is 5.43 Å². The fraction of sp³-hybridized carbons (Fsp3) is 0.353. The predicted octanol–water partition coefficient (Wildman–Crippen LogP) is 0.832. The number of imide groups is 1. The van der Waals surface area contributed by atoms with Crippen LogP contribution in [0.25, 0.3) is 0 Å². The van der Waals surface area contributed by atoms with Gasteiger partial charge in [0.25, 0.3) is 5.91 Å². The number of amidine groups is 1. The molecule has 2 aliphatic rings. The van der Waals surface area contributed by atoms with Crippen LogP contribution in [0.3, 0.4) is 0 Å². The maximum Gasteiger partial charge on any atom is 0.413 e. The fourth-order valence-electron chi connectivity index (χ4n) is 2.88. The maximum absolute atomic E-state index is 12.9. The van der Waals surface area contributed by atoms with E-state index in [0.29, 0.717) is 23.9 Å². The van der Waals surface area contributed by atoms with Crippen LogP contribution >= 0.6 is 0 Å². The lowest BCUT2D eigenvalue weighted by Gasteiger charge is -2.31. The molecule has 0 radical (unpaired) electrons. The largest absolute Gasteiger partial charge is 0.413 e. The third-order valence-corrected chi connectivity index (χ3v) is 4.24. The first-order valence-electron chi connectivity index (χ1n) is 8.26. The second-order valence-corrected chi connectivity index (χ2v) is 6.05. The number of amides is 3. The topological polar surface area (TPSA) is 80.4 Å². The molecule has 1 N–H and O–H groups in total. The second kappa shape index (κ2) is 7.03. The Bertz CT molecular complexity index is 830. The van der Waals surface area contributed by atoms with Crippen LogP contribution in [-0.2, 0) is 4.79 Å². The molecule has 1 saturated heterocycles. The number of likely N-dealkylation sites (N-methyl/N-ethyl adjacent to an activating group) is 2. The van der Waals surface area contributed by atoms with E-state index in [9.17, 15) is 14.0 Å². The number of hydrogen-bond acceptors (Lipinski definition) is 5. The summed E-state index contributed by atoms with van der Waals surface area (Å²) in [5, 5.41) is 4.12. The van der Waals surface area contributed by atoms with Gasteiger partial charge in [-0.25, -0.2) is 13.8 Å². The number of rotatable bonds is 4.